The summed E-state index contributed by atoms with van der Waals surface area (Å²) in [6, 6.07) is 11.2. The van der Waals surface area contributed by atoms with Gasteiger partial charge in [0.25, 0.3) is 0 Å². The molecular formula is C16H18FN3O. The zero-order valence-electron chi connectivity index (χ0n) is 12.0. The van der Waals surface area contributed by atoms with Crippen LogP contribution in [0.25, 0.3) is 0 Å². The molecule has 21 heavy (non-hydrogen) atoms. The number of benzene rings is 2. The lowest BCUT2D eigenvalue weighted by Crippen LogP contribution is -2.24. The summed E-state index contributed by atoms with van der Waals surface area (Å²) in [6.07, 6.45) is 0. The van der Waals surface area contributed by atoms with Crippen molar-refractivity contribution in [2.75, 3.05) is 17.7 Å². The Kier molecular flexibility index (Phi) is 4.12. The molecule has 1 unspecified atom stereocenters. The second-order valence-corrected chi connectivity index (χ2v) is 4.95. The smallest absolute Gasteiger partial charge is 0.248 e. The van der Waals surface area contributed by atoms with E-state index in [2.05, 4.69) is 0 Å². The SMILES string of the molecule is CC(c1ccccc1F)N(C)c1cc(C(N)=O)ccc1N. The zero-order valence-corrected chi connectivity index (χ0v) is 12.0. The fourth-order valence-electron chi connectivity index (χ4n) is 2.23. The summed E-state index contributed by atoms with van der Waals surface area (Å²) in [5.74, 6) is -0.801. The van der Waals surface area contributed by atoms with E-state index in [1.807, 2.05) is 11.8 Å². The largest absolute Gasteiger partial charge is 0.397 e. The van der Waals surface area contributed by atoms with Gasteiger partial charge in [-0.2, -0.15) is 0 Å². The summed E-state index contributed by atoms with van der Waals surface area (Å²) >= 11 is 0. The van der Waals surface area contributed by atoms with Gasteiger partial charge in [-0.25, -0.2) is 4.39 Å². The third-order valence-corrected chi connectivity index (χ3v) is 3.63. The number of rotatable bonds is 4. The van der Waals surface area contributed by atoms with Crippen molar-refractivity contribution in [3.8, 4) is 0 Å². The summed E-state index contributed by atoms with van der Waals surface area (Å²) in [5, 5.41) is 0. The highest BCUT2D eigenvalue weighted by Crippen LogP contribution is 2.31. The first-order valence-electron chi connectivity index (χ1n) is 6.58. The first-order chi connectivity index (χ1) is 9.91. The second-order valence-electron chi connectivity index (χ2n) is 4.95. The van der Waals surface area contributed by atoms with Gasteiger partial charge in [-0.1, -0.05) is 18.2 Å². The summed E-state index contributed by atoms with van der Waals surface area (Å²) in [6.45, 7) is 1.87. The van der Waals surface area contributed by atoms with Crippen LogP contribution in [0.5, 0.6) is 0 Å². The van der Waals surface area contributed by atoms with E-state index < -0.39 is 5.91 Å². The maximum Gasteiger partial charge on any atom is 0.248 e. The highest BCUT2D eigenvalue weighted by Gasteiger charge is 2.18. The number of anilines is 2. The molecule has 2 rings (SSSR count). The van der Waals surface area contributed by atoms with Gasteiger partial charge in [0.15, 0.2) is 0 Å². The number of hydrogen-bond acceptors (Lipinski definition) is 3. The van der Waals surface area contributed by atoms with Crippen molar-refractivity contribution in [1.82, 2.24) is 0 Å². The number of primary amides is 1. The van der Waals surface area contributed by atoms with Gasteiger partial charge in [-0.3, -0.25) is 4.79 Å². The molecule has 0 aliphatic rings. The summed E-state index contributed by atoms with van der Waals surface area (Å²) in [4.78, 5) is 13.1. The van der Waals surface area contributed by atoms with Gasteiger partial charge < -0.3 is 16.4 Å². The number of nitrogens with zero attached hydrogens (tertiary/aromatic N) is 1. The third kappa shape index (κ3) is 2.97. The normalized spacial score (nSPS) is 12.0. The predicted molar refractivity (Wildman–Crippen MR) is 82.6 cm³/mol. The predicted octanol–water partition coefficient (Wildman–Crippen LogP) is 2.70. The Balaban J connectivity index is 2.40. The molecular weight excluding hydrogens is 269 g/mol. The summed E-state index contributed by atoms with van der Waals surface area (Å²) < 4.78 is 13.9. The summed E-state index contributed by atoms with van der Waals surface area (Å²) in [7, 11) is 1.80. The van der Waals surface area contributed by atoms with Gasteiger partial charge in [0.2, 0.25) is 5.91 Å². The molecule has 110 valence electrons. The van der Waals surface area contributed by atoms with Crippen LogP contribution in [0.1, 0.15) is 28.9 Å². The fourth-order valence-corrected chi connectivity index (χ4v) is 2.23. The highest BCUT2D eigenvalue weighted by atomic mass is 19.1. The number of carbonyl (C=O) groups excluding carboxylic acids is 1. The minimum absolute atomic E-state index is 0.239. The molecule has 0 aliphatic heterocycles. The Morgan fingerprint density at radius 3 is 2.52 bits per heavy atom. The standard InChI is InChI=1S/C16H18FN3O/c1-10(12-5-3-4-6-13(12)17)20(2)15-9-11(16(19)21)7-8-14(15)18/h3-10H,18H2,1-2H3,(H2,19,21). The second kappa shape index (κ2) is 5.83. The molecule has 0 fully saturated rings. The van der Waals surface area contributed by atoms with Crippen molar-refractivity contribution in [3.63, 3.8) is 0 Å². The van der Waals surface area contributed by atoms with Crippen LogP contribution in [0.2, 0.25) is 0 Å². The number of carbonyl (C=O) groups is 1. The van der Waals surface area contributed by atoms with Crippen LogP contribution in [0.3, 0.4) is 0 Å². The van der Waals surface area contributed by atoms with Crippen molar-refractivity contribution >= 4 is 17.3 Å². The highest BCUT2D eigenvalue weighted by molar-refractivity contribution is 5.95. The monoisotopic (exact) mass is 287 g/mol. The van der Waals surface area contributed by atoms with E-state index in [0.29, 0.717) is 22.5 Å². The van der Waals surface area contributed by atoms with Crippen LogP contribution in [0.4, 0.5) is 15.8 Å². The van der Waals surface area contributed by atoms with Crippen molar-refractivity contribution in [3.05, 3.63) is 59.4 Å². The van der Waals surface area contributed by atoms with Crippen LogP contribution >= 0.6 is 0 Å². The third-order valence-electron chi connectivity index (χ3n) is 3.63. The van der Waals surface area contributed by atoms with Crippen LogP contribution in [0.15, 0.2) is 42.5 Å². The molecule has 4 nitrogen and oxygen atoms in total. The Labute approximate surface area is 123 Å². The Bertz CT molecular complexity index is 672. The maximum absolute atomic E-state index is 13.9. The molecule has 4 N–H and O–H groups in total. The first kappa shape index (κ1) is 14.8. The topological polar surface area (TPSA) is 72.3 Å². The Morgan fingerprint density at radius 2 is 1.90 bits per heavy atom. The van der Waals surface area contributed by atoms with E-state index in [1.54, 1.807) is 43.4 Å². The summed E-state index contributed by atoms with van der Waals surface area (Å²) in [5.41, 5.74) is 13.3. The molecule has 0 aliphatic carbocycles. The van der Waals surface area contributed by atoms with Crippen LogP contribution < -0.4 is 16.4 Å². The Hall–Kier alpha value is -2.56. The van der Waals surface area contributed by atoms with E-state index in [9.17, 15) is 9.18 Å². The molecule has 1 amide bonds. The van der Waals surface area contributed by atoms with Gasteiger partial charge in [0.05, 0.1) is 17.4 Å². The van der Waals surface area contributed by atoms with Crippen molar-refractivity contribution in [2.45, 2.75) is 13.0 Å². The minimum Gasteiger partial charge on any atom is -0.397 e. The van der Waals surface area contributed by atoms with Gasteiger partial charge in [0.1, 0.15) is 5.82 Å². The lowest BCUT2D eigenvalue weighted by molar-refractivity contribution is 0.100. The number of amides is 1. The fraction of sp³-hybridized carbons (Fsp3) is 0.188. The van der Waals surface area contributed by atoms with Gasteiger partial charge in [-0.15, -0.1) is 0 Å². The average Bonchev–Trinajstić information content (AvgIpc) is 2.46. The van der Waals surface area contributed by atoms with Gasteiger partial charge in [0, 0.05) is 18.2 Å². The van der Waals surface area contributed by atoms with Crippen LogP contribution in [-0.2, 0) is 0 Å². The number of halogens is 1. The molecule has 2 aromatic carbocycles. The molecule has 0 spiro atoms. The number of hydrogen-bond donors (Lipinski definition) is 2. The minimum atomic E-state index is -0.525. The van der Waals surface area contributed by atoms with E-state index in [-0.39, 0.29) is 11.9 Å². The molecule has 2 aromatic rings. The van der Waals surface area contributed by atoms with E-state index in [4.69, 9.17) is 11.5 Å². The molecule has 0 aromatic heterocycles. The van der Waals surface area contributed by atoms with E-state index in [1.165, 1.54) is 6.07 Å². The Morgan fingerprint density at radius 1 is 1.24 bits per heavy atom. The van der Waals surface area contributed by atoms with Crippen LogP contribution in [0, 0.1) is 5.82 Å². The first-order valence-corrected chi connectivity index (χ1v) is 6.58. The molecule has 0 saturated heterocycles. The number of nitrogens with two attached hydrogens (primary N) is 2. The molecule has 0 saturated carbocycles. The maximum atomic E-state index is 13.9. The molecule has 0 bridgehead atoms. The van der Waals surface area contributed by atoms with Crippen molar-refractivity contribution in [1.29, 1.82) is 0 Å². The van der Waals surface area contributed by atoms with Crippen molar-refractivity contribution < 1.29 is 9.18 Å². The van der Waals surface area contributed by atoms with E-state index in [0.717, 1.165) is 0 Å². The molecule has 0 radical (unpaired) electrons. The average molecular weight is 287 g/mol. The molecule has 1 atom stereocenters. The lowest BCUT2D eigenvalue weighted by atomic mass is 10.0. The van der Waals surface area contributed by atoms with Gasteiger partial charge >= 0.3 is 0 Å². The molecule has 0 heterocycles. The number of nitrogen functional groups attached to an aromatic ring is 1. The van der Waals surface area contributed by atoms with Crippen LogP contribution in [-0.4, -0.2) is 13.0 Å². The van der Waals surface area contributed by atoms with Crippen molar-refractivity contribution in [2.24, 2.45) is 5.73 Å². The zero-order chi connectivity index (χ0) is 15.6. The quantitative estimate of drug-likeness (QED) is 0.849. The molecule has 5 heteroatoms. The lowest BCUT2D eigenvalue weighted by Gasteiger charge is -2.29. The van der Waals surface area contributed by atoms with Gasteiger partial charge in [-0.05, 0) is 31.2 Å². The van der Waals surface area contributed by atoms with E-state index >= 15 is 0 Å².